The van der Waals surface area contributed by atoms with E-state index in [1.54, 1.807) is 0 Å². The molecule has 102 valence electrons. The Morgan fingerprint density at radius 1 is 1.53 bits per heavy atom. The Balaban J connectivity index is 2.80. The fourth-order valence-corrected chi connectivity index (χ4v) is 3.19. The number of likely N-dealkylation sites (N-methyl/N-ethyl adjacent to an activating group) is 1. The minimum atomic E-state index is 0.140. The maximum Gasteiger partial charge on any atom is 0.0651 e. The van der Waals surface area contributed by atoms with E-state index < -0.39 is 0 Å². The number of nitrogens with one attached hydrogen (secondary N) is 1. The first-order valence-corrected chi connectivity index (χ1v) is 6.78. The Morgan fingerprint density at radius 2 is 2.24 bits per heavy atom. The van der Waals surface area contributed by atoms with Gasteiger partial charge in [-0.25, -0.2) is 0 Å². The van der Waals surface area contributed by atoms with Crippen molar-refractivity contribution in [2.24, 2.45) is 11.8 Å². The quantitative estimate of drug-likeness (QED) is 0.546. The highest BCUT2D eigenvalue weighted by molar-refractivity contribution is 5.01. The highest BCUT2D eigenvalue weighted by atomic mass is 16.5. The van der Waals surface area contributed by atoms with E-state index in [4.69, 9.17) is 10.6 Å². The topological polar surface area (TPSA) is 50.5 Å². The average Bonchev–Trinajstić information content (AvgIpc) is 2.29. The van der Waals surface area contributed by atoms with Crippen LogP contribution in [0.1, 0.15) is 39.5 Å². The molecular formula is C13H29N3O. The summed E-state index contributed by atoms with van der Waals surface area (Å²) in [6, 6.07) is 0.209. The van der Waals surface area contributed by atoms with Crippen molar-refractivity contribution >= 4 is 0 Å². The van der Waals surface area contributed by atoms with Crippen LogP contribution >= 0.6 is 0 Å². The van der Waals surface area contributed by atoms with E-state index in [2.05, 4.69) is 31.3 Å². The third-order valence-electron chi connectivity index (χ3n) is 4.24. The molecule has 17 heavy (non-hydrogen) atoms. The second kappa shape index (κ2) is 6.69. The van der Waals surface area contributed by atoms with Crippen molar-refractivity contribution < 1.29 is 4.74 Å². The molecule has 0 heterocycles. The molecular weight excluding hydrogens is 214 g/mol. The number of nitrogens with zero attached hydrogens (tertiary/aromatic N) is 1. The maximum absolute atomic E-state index is 5.76. The van der Waals surface area contributed by atoms with E-state index in [0.29, 0.717) is 6.61 Å². The summed E-state index contributed by atoms with van der Waals surface area (Å²) in [5, 5.41) is 0. The van der Waals surface area contributed by atoms with E-state index in [0.717, 1.165) is 12.5 Å². The van der Waals surface area contributed by atoms with E-state index in [9.17, 15) is 0 Å². The molecule has 0 aromatic heterocycles. The summed E-state index contributed by atoms with van der Waals surface area (Å²) in [5.41, 5.74) is 3.12. The number of nitrogens with two attached hydrogens (primary N) is 1. The molecule has 1 fully saturated rings. The molecule has 0 radical (unpaired) electrons. The van der Waals surface area contributed by atoms with Crippen LogP contribution in [0.15, 0.2) is 0 Å². The van der Waals surface area contributed by atoms with Gasteiger partial charge in [0.25, 0.3) is 0 Å². The lowest BCUT2D eigenvalue weighted by Gasteiger charge is -2.49. The molecule has 1 aliphatic rings. The first kappa shape index (κ1) is 14.9. The Hall–Kier alpha value is -0.160. The zero-order valence-electron chi connectivity index (χ0n) is 11.8. The molecule has 3 N–H and O–H groups in total. The molecule has 4 nitrogen and oxygen atoms in total. The lowest BCUT2D eigenvalue weighted by molar-refractivity contribution is -0.00196. The van der Waals surface area contributed by atoms with Crippen molar-refractivity contribution in [1.29, 1.82) is 0 Å². The van der Waals surface area contributed by atoms with Crippen LogP contribution in [-0.4, -0.2) is 43.8 Å². The van der Waals surface area contributed by atoms with Gasteiger partial charge in [0.1, 0.15) is 0 Å². The molecule has 1 saturated carbocycles. The molecule has 0 spiro atoms. The van der Waals surface area contributed by atoms with Crippen molar-refractivity contribution in [2.75, 3.05) is 27.3 Å². The molecule has 4 heteroatoms. The number of hydrazine groups is 1. The van der Waals surface area contributed by atoms with Gasteiger partial charge in [-0.1, -0.05) is 19.8 Å². The maximum atomic E-state index is 5.76. The second-order valence-corrected chi connectivity index (χ2v) is 5.58. The van der Waals surface area contributed by atoms with Gasteiger partial charge in [0, 0.05) is 12.1 Å². The summed E-state index contributed by atoms with van der Waals surface area (Å²) >= 11 is 0. The predicted octanol–water partition coefficient (Wildman–Crippen LogP) is 1.37. The van der Waals surface area contributed by atoms with Crippen molar-refractivity contribution in [2.45, 2.75) is 51.1 Å². The zero-order chi connectivity index (χ0) is 12.9. The van der Waals surface area contributed by atoms with Crippen molar-refractivity contribution in [3.05, 3.63) is 0 Å². The number of rotatable bonds is 6. The van der Waals surface area contributed by atoms with Gasteiger partial charge in [-0.05, 0) is 39.8 Å². The summed E-state index contributed by atoms with van der Waals surface area (Å²) in [6.45, 7) is 5.81. The van der Waals surface area contributed by atoms with Crippen LogP contribution in [0.3, 0.4) is 0 Å². The largest absolute Gasteiger partial charge is 0.380 e. The standard InChI is InChI=1S/C13H29N3O/c1-5-17-10-12(15-14)13(16(3)4)8-6-7-11(2)9-13/h11-12,15H,5-10,14H2,1-4H3. The van der Waals surface area contributed by atoms with Crippen LogP contribution in [0.4, 0.5) is 0 Å². The van der Waals surface area contributed by atoms with Crippen LogP contribution in [-0.2, 0) is 4.74 Å². The normalized spacial score (nSPS) is 31.8. The summed E-state index contributed by atoms with van der Waals surface area (Å²) in [4.78, 5) is 2.34. The molecule has 0 saturated heterocycles. The molecule has 1 rings (SSSR count). The lowest BCUT2D eigenvalue weighted by atomic mass is 9.71. The van der Waals surface area contributed by atoms with Crippen LogP contribution in [0.25, 0.3) is 0 Å². The minimum absolute atomic E-state index is 0.140. The molecule has 3 atom stereocenters. The van der Waals surface area contributed by atoms with E-state index in [-0.39, 0.29) is 11.6 Å². The molecule has 3 unspecified atom stereocenters. The van der Waals surface area contributed by atoms with Gasteiger partial charge in [0.2, 0.25) is 0 Å². The lowest BCUT2D eigenvalue weighted by Crippen LogP contribution is -2.64. The first-order chi connectivity index (χ1) is 8.06. The van der Waals surface area contributed by atoms with Crippen LogP contribution in [0.5, 0.6) is 0 Å². The predicted molar refractivity (Wildman–Crippen MR) is 71.7 cm³/mol. The van der Waals surface area contributed by atoms with Crippen molar-refractivity contribution in [1.82, 2.24) is 10.3 Å². The molecule has 0 aromatic rings. The zero-order valence-corrected chi connectivity index (χ0v) is 11.8. The van der Waals surface area contributed by atoms with Gasteiger partial charge in [0.15, 0.2) is 0 Å². The fourth-order valence-electron chi connectivity index (χ4n) is 3.19. The Morgan fingerprint density at radius 3 is 2.71 bits per heavy atom. The monoisotopic (exact) mass is 243 g/mol. The highest BCUT2D eigenvalue weighted by Gasteiger charge is 2.43. The van der Waals surface area contributed by atoms with Crippen molar-refractivity contribution in [3.8, 4) is 0 Å². The SMILES string of the molecule is CCOCC(NN)C1(N(C)C)CCCC(C)C1. The number of hydrogen-bond acceptors (Lipinski definition) is 4. The van der Waals surface area contributed by atoms with Crippen LogP contribution in [0.2, 0.25) is 0 Å². The van der Waals surface area contributed by atoms with Gasteiger partial charge in [-0.2, -0.15) is 0 Å². The minimum Gasteiger partial charge on any atom is -0.380 e. The molecule has 0 aromatic carbocycles. The van der Waals surface area contributed by atoms with Gasteiger partial charge in [-0.15, -0.1) is 0 Å². The summed E-state index contributed by atoms with van der Waals surface area (Å²) in [5.74, 6) is 6.52. The second-order valence-electron chi connectivity index (χ2n) is 5.58. The van der Waals surface area contributed by atoms with Gasteiger partial charge >= 0.3 is 0 Å². The summed E-state index contributed by atoms with van der Waals surface area (Å²) in [6.07, 6.45) is 5.01. The summed E-state index contributed by atoms with van der Waals surface area (Å²) in [7, 11) is 4.32. The van der Waals surface area contributed by atoms with Crippen LogP contribution in [0, 0.1) is 5.92 Å². The number of hydrogen-bond donors (Lipinski definition) is 2. The Kier molecular flexibility index (Phi) is 5.86. The van der Waals surface area contributed by atoms with E-state index >= 15 is 0 Å². The van der Waals surface area contributed by atoms with Gasteiger partial charge in [-0.3, -0.25) is 11.3 Å². The van der Waals surface area contributed by atoms with Crippen LogP contribution < -0.4 is 11.3 Å². The van der Waals surface area contributed by atoms with Crippen molar-refractivity contribution in [3.63, 3.8) is 0 Å². The third kappa shape index (κ3) is 3.41. The molecule has 0 amide bonds. The Labute approximate surface area is 106 Å². The fraction of sp³-hybridized carbons (Fsp3) is 1.00. The first-order valence-electron chi connectivity index (χ1n) is 6.78. The molecule has 0 aliphatic heterocycles. The summed E-state index contributed by atoms with van der Waals surface area (Å²) < 4.78 is 5.58. The smallest absolute Gasteiger partial charge is 0.0651 e. The Bertz CT molecular complexity index is 223. The molecule has 1 aliphatic carbocycles. The average molecular weight is 243 g/mol. The van der Waals surface area contributed by atoms with E-state index in [1.165, 1.54) is 25.7 Å². The number of ether oxygens (including phenoxy) is 1. The molecule has 0 bridgehead atoms. The van der Waals surface area contributed by atoms with Gasteiger partial charge < -0.3 is 9.64 Å². The van der Waals surface area contributed by atoms with E-state index in [1.807, 2.05) is 6.92 Å². The van der Waals surface area contributed by atoms with Gasteiger partial charge in [0.05, 0.1) is 12.6 Å². The highest BCUT2D eigenvalue weighted by Crippen LogP contribution is 2.38. The third-order valence-corrected chi connectivity index (χ3v) is 4.24.